The summed E-state index contributed by atoms with van der Waals surface area (Å²) < 4.78 is 0. The van der Waals surface area contributed by atoms with Crippen molar-refractivity contribution in [2.24, 2.45) is 17.3 Å². The van der Waals surface area contributed by atoms with E-state index < -0.39 is 0 Å². The molecule has 2 saturated carbocycles. The van der Waals surface area contributed by atoms with Crippen LogP contribution in [0.15, 0.2) is 23.8 Å². The Morgan fingerprint density at radius 1 is 1.46 bits per heavy atom. The summed E-state index contributed by atoms with van der Waals surface area (Å²) in [6, 6.07) is 0. The van der Waals surface area contributed by atoms with Gasteiger partial charge in [0.15, 0.2) is 11.6 Å². The monoisotopic (exact) mass is 174 g/mol. The van der Waals surface area contributed by atoms with Gasteiger partial charge in [-0.25, -0.2) is 0 Å². The molecule has 13 heavy (non-hydrogen) atoms. The van der Waals surface area contributed by atoms with E-state index in [2.05, 4.69) is 6.92 Å². The van der Waals surface area contributed by atoms with Gasteiger partial charge in [-0.3, -0.25) is 9.59 Å². The van der Waals surface area contributed by atoms with E-state index in [0.29, 0.717) is 5.92 Å². The van der Waals surface area contributed by atoms with Crippen molar-refractivity contribution < 1.29 is 9.59 Å². The van der Waals surface area contributed by atoms with E-state index in [1.54, 1.807) is 6.08 Å². The normalized spacial score (nSPS) is 45.8. The summed E-state index contributed by atoms with van der Waals surface area (Å²) in [7, 11) is 0. The van der Waals surface area contributed by atoms with E-state index in [4.69, 9.17) is 0 Å². The molecule has 0 saturated heterocycles. The molecule has 0 aromatic heterocycles. The maximum absolute atomic E-state index is 11.7. The molecule has 66 valence electrons. The first-order valence-electron chi connectivity index (χ1n) is 4.62. The van der Waals surface area contributed by atoms with Gasteiger partial charge in [-0.1, -0.05) is 13.0 Å². The van der Waals surface area contributed by atoms with E-state index >= 15 is 0 Å². The maximum atomic E-state index is 11.7. The Bertz CT molecular complexity index is 389. The highest BCUT2D eigenvalue weighted by Gasteiger charge is 2.62. The van der Waals surface area contributed by atoms with Gasteiger partial charge in [0.25, 0.3) is 0 Å². The third kappa shape index (κ3) is 0.694. The molecule has 3 atom stereocenters. The Labute approximate surface area is 76.3 Å². The van der Waals surface area contributed by atoms with Crippen LogP contribution in [-0.4, -0.2) is 11.6 Å². The molecule has 0 radical (unpaired) electrons. The lowest BCUT2D eigenvalue weighted by atomic mass is 9.77. The van der Waals surface area contributed by atoms with Crippen LogP contribution in [0, 0.1) is 17.3 Å². The summed E-state index contributed by atoms with van der Waals surface area (Å²) >= 11 is 0. The molecule has 0 heterocycles. The third-order valence-corrected chi connectivity index (χ3v) is 3.62. The zero-order valence-electron chi connectivity index (χ0n) is 7.41. The van der Waals surface area contributed by atoms with Gasteiger partial charge in [0.2, 0.25) is 0 Å². The van der Waals surface area contributed by atoms with Crippen molar-refractivity contribution in [3.63, 3.8) is 0 Å². The molecule has 0 unspecified atom stereocenters. The lowest BCUT2D eigenvalue weighted by Gasteiger charge is -2.25. The Kier molecular flexibility index (Phi) is 1.02. The molecule has 0 bridgehead atoms. The molecule has 2 fully saturated rings. The van der Waals surface area contributed by atoms with Crippen molar-refractivity contribution in [2.75, 3.05) is 0 Å². The molecule has 3 aliphatic rings. The summed E-state index contributed by atoms with van der Waals surface area (Å²) in [5.74, 6) is 0.884. The Morgan fingerprint density at radius 2 is 2.23 bits per heavy atom. The quantitative estimate of drug-likeness (QED) is 0.554. The molecule has 0 N–H and O–H groups in total. The van der Waals surface area contributed by atoms with Crippen LogP contribution in [0.1, 0.15) is 13.3 Å². The number of Topliss-reactive ketones (excluding diaryl/α,β-unsaturated/α-hetero) is 1. The second kappa shape index (κ2) is 1.84. The third-order valence-electron chi connectivity index (χ3n) is 3.62. The fraction of sp³-hybridized carbons (Fsp3) is 0.455. The van der Waals surface area contributed by atoms with Crippen LogP contribution < -0.4 is 0 Å². The van der Waals surface area contributed by atoms with Crippen LogP contribution >= 0.6 is 0 Å². The van der Waals surface area contributed by atoms with Crippen molar-refractivity contribution >= 4 is 11.6 Å². The minimum atomic E-state index is -0.115. The van der Waals surface area contributed by atoms with Gasteiger partial charge >= 0.3 is 0 Å². The van der Waals surface area contributed by atoms with Crippen LogP contribution in [0.2, 0.25) is 0 Å². The second-order valence-corrected chi connectivity index (χ2v) is 4.39. The van der Waals surface area contributed by atoms with Crippen molar-refractivity contribution in [3.8, 4) is 0 Å². The standard InChI is InChI=1S/C11H10O2/c1-11-3-2-6(12)4-9(11)10(13)7-5-8(7)11/h2-4,7-8H,5H2,1H3/t7-,8+,11-/m0/s1. The molecule has 0 aromatic rings. The Balaban J connectivity index is 2.18. The summed E-state index contributed by atoms with van der Waals surface area (Å²) in [4.78, 5) is 22.8. The van der Waals surface area contributed by atoms with Gasteiger partial charge in [-0.15, -0.1) is 0 Å². The average molecular weight is 174 g/mol. The molecular formula is C11H10O2. The zero-order valence-corrected chi connectivity index (χ0v) is 7.41. The summed E-state index contributed by atoms with van der Waals surface area (Å²) in [6.45, 7) is 2.07. The highest BCUT2D eigenvalue weighted by atomic mass is 16.1. The van der Waals surface area contributed by atoms with Crippen LogP contribution in [0.3, 0.4) is 0 Å². The first-order chi connectivity index (χ1) is 6.13. The van der Waals surface area contributed by atoms with E-state index in [0.717, 1.165) is 12.0 Å². The highest BCUT2D eigenvalue weighted by Crippen LogP contribution is 2.63. The first-order valence-corrected chi connectivity index (χ1v) is 4.62. The van der Waals surface area contributed by atoms with E-state index in [-0.39, 0.29) is 22.9 Å². The van der Waals surface area contributed by atoms with Crippen LogP contribution in [0.5, 0.6) is 0 Å². The van der Waals surface area contributed by atoms with E-state index in [9.17, 15) is 9.59 Å². The predicted octanol–water partition coefficient (Wildman–Crippen LogP) is 1.28. The number of rotatable bonds is 0. The van der Waals surface area contributed by atoms with Gasteiger partial charge in [-0.05, 0) is 24.5 Å². The number of fused-ring (bicyclic) bond motifs is 3. The van der Waals surface area contributed by atoms with Gasteiger partial charge < -0.3 is 0 Å². The molecule has 0 amide bonds. The predicted molar refractivity (Wildman–Crippen MR) is 46.9 cm³/mol. The molecule has 0 aliphatic heterocycles. The summed E-state index contributed by atoms with van der Waals surface area (Å²) in [5.41, 5.74) is 0.636. The van der Waals surface area contributed by atoms with Crippen molar-refractivity contribution in [1.29, 1.82) is 0 Å². The van der Waals surface area contributed by atoms with Crippen LogP contribution in [0.4, 0.5) is 0 Å². The molecular weight excluding hydrogens is 164 g/mol. The fourth-order valence-electron chi connectivity index (χ4n) is 2.70. The zero-order chi connectivity index (χ0) is 9.22. The van der Waals surface area contributed by atoms with Crippen LogP contribution in [-0.2, 0) is 9.59 Å². The van der Waals surface area contributed by atoms with Gasteiger partial charge in [0, 0.05) is 16.9 Å². The number of carbonyl (C=O) groups is 2. The molecule has 3 aliphatic carbocycles. The SMILES string of the molecule is C[C@@]12C=CC(=O)C=C1C(=O)[C@H]1C[C@H]12. The van der Waals surface area contributed by atoms with Crippen LogP contribution in [0.25, 0.3) is 0 Å². The lowest BCUT2D eigenvalue weighted by molar-refractivity contribution is -0.117. The van der Waals surface area contributed by atoms with Gasteiger partial charge in [-0.2, -0.15) is 0 Å². The van der Waals surface area contributed by atoms with Crippen molar-refractivity contribution in [2.45, 2.75) is 13.3 Å². The maximum Gasteiger partial charge on any atom is 0.178 e. The number of allylic oxidation sites excluding steroid dienone is 4. The summed E-state index contributed by atoms with van der Waals surface area (Å²) in [5, 5.41) is 0. The Morgan fingerprint density at radius 3 is 3.00 bits per heavy atom. The molecule has 0 spiro atoms. The number of hydrogen-bond donors (Lipinski definition) is 0. The number of carbonyl (C=O) groups excluding carboxylic acids is 2. The topological polar surface area (TPSA) is 34.1 Å². The number of ketones is 2. The van der Waals surface area contributed by atoms with E-state index in [1.165, 1.54) is 6.08 Å². The Hall–Kier alpha value is -1.18. The number of hydrogen-bond acceptors (Lipinski definition) is 2. The minimum Gasteiger partial charge on any atom is -0.294 e. The smallest absolute Gasteiger partial charge is 0.178 e. The fourth-order valence-corrected chi connectivity index (χ4v) is 2.70. The van der Waals surface area contributed by atoms with Gasteiger partial charge in [0.05, 0.1) is 0 Å². The van der Waals surface area contributed by atoms with Crippen molar-refractivity contribution in [3.05, 3.63) is 23.8 Å². The summed E-state index contributed by atoms with van der Waals surface area (Å²) in [6.07, 6.45) is 6.05. The molecule has 2 nitrogen and oxygen atoms in total. The molecule has 3 rings (SSSR count). The van der Waals surface area contributed by atoms with E-state index in [1.807, 2.05) is 6.08 Å². The first kappa shape index (κ1) is 7.25. The average Bonchev–Trinajstić information content (AvgIpc) is 2.84. The highest BCUT2D eigenvalue weighted by molar-refractivity contribution is 6.13. The second-order valence-electron chi connectivity index (χ2n) is 4.39. The minimum absolute atomic E-state index is 0.0397. The lowest BCUT2D eigenvalue weighted by Crippen LogP contribution is -2.22. The molecule has 2 heteroatoms. The van der Waals surface area contributed by atoms with Crippen molar-refractivity contribution in [1.82, 2.24) is 0 Å². The largest absolute Gasteiger partial charge is 0.294 e. The van der Waals surface area contributed by atoms with Gasteiger partial charge in [0.1, 0.15) is 0 Å². The molecule has 0 aromatic carbocycles.